The van der Waals surface area contributed by atoms with Crippen LogP contribution in [-0.2, 0) is 11.2 Å². The van der Waals surface area contributed by atoms with Crippen LogP contribution in [0.5, 0.6) is 0 Å². The lowest BCUT2D eigenvalue weighted by molar-refractivity contribution is -0.117. The molecule has 1 aliphatic heterocycles. The average Bonchev–Trinajstić information content (AvgIpc) is 3.14. The molecule has 0 saturated heterocycles. The molecule has 0 fully saturated rings. The number of nitrogens with one attached hydrogen (secondary N) is 2. The van der Waals surface area contributed by atoms with Gasteiger partial charge in [0.2, 0.25) is 5.91 Å². The highest BCUT2D eigenvalue weighted by Gasteiger charge is 2.32. The Morgan fingerprint density at radius 1 is 1.00 bits per heavy atom. The Kier molecular flexibility index (Phi) is 5.03. The molecule has 1 unspecified atom stereocenters. The lowest BCUT2D eigenvalue weighted by Crippen LogP contribution is -2.41. The highest BCUT2D eigenvalue weighted by Crippen LogP contribution is 2.38. The number of hydrogen-bond donors (Lipinski definition) is 2. The summed E-state index contributed by atoms with van der Waals surface area (Å²) in [5.74, 6) is -0.0298. The van der Waals surface area contributed by atoms with Gasteiger partial charge in [0, 0.05) is 33.9 Å². The van der Waals surface area contributed by atoms with Crippen molar-refractivity contribution < 1.29 is 4.79 Å². The second-order valence-electron chi connectivity index (χ2n) is 7.65. The van der Waals surface area contributed by atoms with Gasteiger partial charge in [-0.3, -0.25) is 9.69 Å². The maximum absolute atomic E-state index is 12.8. The first kappa shape index (κ1) is 18.9. The van der Waals surface area contributed by atoms with Crippen LogP contribution in [0.3, 0.4) is 0 Å². The Labute approximate surface area is 180 Å². The van der Waals surface area contributed by atoms with Crippen LogP contribution in [0, 0.1) is 0 Å². The second kappa shape index (κ2) is 7.98. The molecule has 1 amide bonds. The van der Waals surface area contributed by atoms with Gasteiger partial charge in [-0.25, -0.2) is 0 Å². The number of rotatable bonds is 4. The summed E-state index contributed by atoms with van der Waals surface area (Å²) >= 11 is 5.95. The first-order valence-corrected chi connectivity index (χ1v) is 10.5. The van der Waals surface area contributed by atoms with Crippen LogP contribution in [0.1, 0.15) is 22.9 Å². The second-order valence-corrected chi connectivity index (χ2v) is 8.09. The number of aromatic nitrogens is 1. The van der Waals surface area contributed by atoms with Crippen LogP contribution in [-0.4, -0.2) is 28.9 Å². The minimum absolute atomic E-state index is 0.0123. The monoisotopic (exact) mass is 415 g/mol. The molecule has 5 rings (SSSR count). The summed E-state index contributed by atoms with van der Waals surface area (Å²) in [7, 11) is 0. The fourth-order valence-electron chi connectivity index (χ4n) is 4.39. The van der Waals surface area contributed by atoms with Crippen LogP contribution in [0.4, 0.5) is 5.69 Å². The predicted octanol–water partition coefficient (Wildman–Crippen LogP) is 5.41. The van der Waals surface area contributed by atoms with Crippen LogP contribution >= 0.6 is 11.6 Å². The summed E-state index contributed by atoms with van der Waals surface area (Å²) in [6.07, 6.45) is 0.914. The van der Waals surface area contributed by atoms with E-state index in [1.807, 2.05) is 18.2 Å². The number of halogens is 1. The molecular formula is C25H22ClN3O. The van der Waals surface area contributed by atoms with Crippen LogP contribution in [0.15, 0.2) is 78.9 Å². The van der Waals surface area contributed by atoms with Crippen LogP contribution < -0.4 is 5.32 Å². The topological polar surface area (TPSA) is 48.1 Å². The van der Waals surface area contributed by atoms with Gasteiger partial charge in [0.25, 0.3) is 0 Å². The molecule has 4 aromatic rings. The summed E-state index contributed by atoms with van der Waals surface area (Å²) in [6, 6.07) is 26.0. The van der Waals surface area contributed by atoms with Gasteiger partial charge in [-0.2, -0.15) is 0 Å². The zero-order chi connectivity index (χ0) is 20.5. The molecular weight excluding hydrogens is 394 g/mol. The van der Waals surface area contributed by atoms with E-state index in [-0.39, 0.29) is 11.9 Å². The van der Waals surface area contributed by atoms with E-state index < -0.39 is 0 Å². The molecule has 3 aromatic carbocycles. The van der Waals surface area contributed by atoms with Crippen molar-refractivity contribution in [3.05, 3.63) is 101 Å². The molecule has 0 aliphatic carbocycles. The van der Waals surface area contributed by atoms with Crippen molar-refractivity contribution in [2.24, 2.45) is 0 Å². The van der Waals surface area contributed by atoms with Crippen molar-refractivity contribution in [2.45, 2.75) is 12.5 Å². The summed E-state index contributed by atoms with van der Waals surface area (Å²) in [6.45, 7) is 1.14. The molecule has 2 heterocycles. The highest BCUT2D eigenvalue weighted by atomic mass is 35.5. The molecule has 5 heteroatoms. The highest BCUT2D eigenvalue weighted by molar-refractivity contribution is 6.30. The molecule has 0 saturated carbocycles. The minimum atomic E-state index is -0.0298. The molecule has 30 heavy (non-hydrogen) atoms. The molecule has 150 valence electrons. The fourth-order valence-corrected chi connectivity index (χ4v) is 4.52. The molecule has 0 bridgehead atoms. The summed E-state index contributed by atoms with van der Waals surface area (Å²) < 4.78 is 0. The van der Waals surface area contributed by atoms with Gasteiger partial charge < -0.3 is 10.3 Å². The Bertz CT molecular complexity index is 1180. The fraction of sp³-hybridized carbons (Fsp3) is 0.160. The van der Waals surface area contributed by atoms with Crippen molar-refractivity contribution in [2.75, 3.05) is 18.4 Å². The maximum atomic E-state index is 12.8. The lowest BCUT2D eigenvalue weighted by atomic mass is 9.92. The zero-order valence-electron chi connectivity index (χ0n) is 16.4. The summed E-state index contributed by atoms with van der Waals surface area (Å²) in [5.41, 5.74) is 5.63. The van der Waals surface area contributed by atoms with Crippen molar-refractivity contribution in [3.8, 4) is 0 Å². The third-order valence-electron chi connectivity index (χ3n) is 5.72. The molecule has 1 aromatic heterocycles. The van der Waals surface area contributed by atoms with E-state index >= 15 is 0 Å². The number of fused-ring (bicyclic) bond motifs is 3. The molecule has 0 spiro atoms. The van der Waals surface area contributed by atoms with Gasteiger partial charge in [0.05, 0.1) is 12.6 Å². The van der Waals surface area contributed by atoms with Crippen molar-refractivity contribution >= 4 is 34.1 Å². The molecule has 2 N–H and O–H groups in total. The maximum Gasteiger partial charge on any atom is 0.238 e. The number of benzene rings is 3. The largest absolute Gasteiger partial charge is 0.357 e. The van der Waals surface area contributed by atoms with E-state index in [0.29, 0.717) is 11.6 Å². The third kappa shape index (κ3) is 3.60. The van der Waals surface area contributed by atoms with E-state index in [4.69, 9.17) is 11.6 Å². The van der Waals surface area contributed by atoms with Gasteiger partial charge in [-0.1, -0.05) is 60.1 Å². The van der Waals surface area contributed by atoms with E-state index in [9.17, 15) is 4.79 Å². The molecule has 1 atom stereocenters. The number of aromatic amines is 1. The zero-order valence-corrected chi connectivity index (χ0v) is 17.2. The van der Waals surface area contributed by atoms with Crippen molar-refractivity contribution in [1.29, 1.82) is 0 Å². The Hall–Kier alpha value is -3.08. The quantitative estimate of drug-likeness (QED) is 0.468. The van der Waals surface area contributed by atoms with Gasteiger partial charge in [-0.15, -0.1) is 0 Å². The number of amides is 1. The van der Waals surface area contributed by atoms with Gasteiger partial charge in [0.1, 0.15) is 0 Å². The summed E-state index contributed by atoms with van der Waals surface area (Å²) in [5, 5.41) is 4.92. The van der Waals surface area contributed by atoms with E-state index in [1.54, 1.807) is 12.1 Å². The summed E-state index contributed by atoms with van der Waals surface area (Å²) in [4.78, 5) is 18.7. The number of anilines is 1. The smallest absolute Gasteiger partial charge is 0.238 e. The van der Waals surface area contributed by atoms with E-state index in [2.05, 4.69) is 63.7 Å². The number of para-hydroxylation sites is 1. The number of hydrogen-bond acceptors (Lipinski definition) is 2. The first-order valence-electron chi connectivity index (χ1n) is 10.1. The first-order chi connectivity index (χ1) is 14.7. The Morgan fingerprint density at radius 3 is 2.53 bits per heavy atom. The Balaban J connectivity index is 1.46. The van der Waals surface area contributed by atoms with Crippen LogP contribution in [0.2, 0.25) is 5.02 Å². The van der Waals surface area contributed by atoms with Crippen LogP contribution in [0.25, 0.3) is 10.9 Å². The molecule has 0 radical (unpaired) electrons. The third-order valence-corrected chi connectivity index (χ3v) is 5.98. The SMILES string of the molecule is O=C(CN1CCc2c([nH]c3ccccc23)C1c1ccccc1)Nc1ccc(Cl)cc1. The van der Waals surface area contributed by atoms with Crippen molar-refractivity contribution in [3.63, 3.8) is 0 Å². The van der Waals surface area contributed by atoms with Gasteiger partial charge in [0.15, 0.2) is 0 Å². The van der Waals surface area contributed by atoms with E-state index in [0.717, 1.165) is 24.2 Å². The molecule has 1 aliphatic rings. The normalized spacial score (nSPS) is 16.4. The minimum Gasteiger partial charge on any atom is -0.357 e. The van der Waals surface area contributed by atoms with E-state index in [1.165, 1.54) is 22.2 Å². The number of nitrogens with zero attached hydrogens (tertiary/aromatic N) is 1. The molecule has 4 nitrogen and oxygen atoms in total. The number of carbonyl (C=O) groups is 1. The Morgan fingerprint density at radius 2 is 1.73 bits per heavy atom. The van der Waals surface area contributed by atoms with Gasteiger partial charge >= 0.3 is 0 Å². The number of H-pyrrole nitrogens is 1. The van der Waals surface area contributed by atoms with Gasteiger partial charge in [-0.05, 0) is 47.9 Å². The lowest BCUT2D eigenvalue weighted by Gasteiger charge is -2.35. The standard InChI is InChI=1S/C25H22ClN3O/c26-18-10-12-19(13-11-18)27-23(30)16-29-15-14-21-20-8-4-5-9-22(20)28-24(21)25(29)17-6-2-1-3-7-17/h1-13,25,28H,14-16H2,(H,27,30). The van der Waals surface area contributed by atoms with Crippen molar-refractivity contribution in [1.82, 2.24) is 9.88 Å². The number of carbonyl (C=O) groups excluding carboxylic acids is 1. The average molecular weight is 416 g/mol. The predicted molar refractivity (Wildman–Crippen MR) is 122 cm³/mol.